The molecule has 0 bridgehead atoms. The molecule has 7 aromatic rings. The van der Waals surface area contributed by atoms with Crippen molar-refractivity contribution in [2.24, 2.45) is 0 Å². The van der Waals surface area contributed by atoms with Gasteiger partial charge in [0.1, 0.15) is 5.82 Å². The Balaban J connectivity index is 1.23. The van der Waals surface area contributed by atoms with Gasteiger partial charge >= 0.3 is 0 Å². The molecule has 0 aliphatic rings. The van der Waals surface area contributed by atoms with Crippen LogP contribution in [-0.2, 0) is 0 Å². The van der Waals surface area contributed by atoms with Crippen molar-refractivity contribution < 1.29 is 4.39 Å². The molecule has 0 spiro atoms. The molecule has 0 N–H and O–H groups in total. The maximum absolute atomic E-state index is 13.5. The van der Waals surface area contributed by atoms with Crippen LogP contribution in [0.2, 0.25) is 0 Å². The molecule has 0 unspecified atom stereocenters. The van der Waals surface area contributed by atoms with Crippen LogP contribution in [0.5, 0.6) is 0 Å². The highest BCUT2D eigenvalue weighted by Gasteiger charge is 2.15. The minimum Gasteiger partial charge on any atom is -0.345 e. The summed E-state index contributed by atoms with van der Waals surface area (Å²) in [5.41, 5.74) is 6.64. The fourth-order valence-electron chi connectivity index (χ4n) is 5.35. The monoisotopic (exact) mass is 596 g/mol. The number of thiophene rings is 1. The predicted molar refractivity (Wildman–Crippen MR) is 184 cm³/mol. The quantitative estimate of drug-likeness (QED) is 0.181. The van der Waals surface area contributed by atoms with Crippen LogP contribution in [0.3, 0.4) is 0 Å². The van der Waals surface area contributed by atoms with E-state index in [0.29, 0.717) is 0 Å². The third kappa shape index (κ3) is 5.62. The number of hydrogen-bond acceptors (Lipinski definition) is 4. The summed E-state index contributed by atoms with van der Waals surface area (Å²) in [5, 5.41) is 2.49. The molecule has 1 aromatic heterocycles. The van der Waals surface area contributed by atoms with Crippen molar-refractivity contribution in [3.63, 3.8) is 0 Å². The van der Waals surface area contributed by atoms with Crippen molar-refractivity contribution in [2.45, 2.75) is 16.7 Å². The first-order valence-electron chi connectivity index (χ1n) is 14.2. The number of aryl methyl sites for hydroxylation is 1. The minimum atomic E-state index is -0.227. The molecular formula is C38H29FN2S2. The highest BCUT2D eigenvalue weighted by atomic mass is 32.2. The number of nitrogens with zero attached hydrogens (tertiary/aromatic N) is 2. The van der Waals surface area contributed by atoms with Gasteiger partial charge in [-0.1, -0.05) is 59.8 Å². The average Bonchev–Trinajstić information content (AvgIpc) is 3.41. The number of anilines is 5. The van der Waals surface area contributed by atoms with Crippen LogP contribution < -0.4 is 9.80 Å². The summed E-state index contributed by atoms with van der Waals surface area (Å²) in [6, 6.07) is 47.9. The summed E-state index contributed by atoms with van der Waals surface area (Å²) in [4.78, 5) is 6.85. The lowest BCUT2D eigenvalue weighted by Crippen LogP contribution is -2.09. The van der Waals surface area contributed by atoms with E-state index in [1.165, 1.54) is 47.7 Å². The second kappa shape index (κ2) is 11.6. The number of fused-ring (bicyclic) bond motifs is 3. The lowest BCUT2D eigenvalue weighted by Gasteiger charge is -2.25. The molecule has 43 heavy (non-hydrogen) atoms. The van der Waals surface area contributed by atoms with Gasteiger partial charge in [0.25, 0.3) is 0 Å². The summed E-state index contributed by atoms with van der Waals surface area (Å²) < 4.78 is 15.9. The zero-order valence-electron chi connectivity index (χ0n) is 23.9. The first-order valence-corrected chi connectivity index (χ1v) is 15.8. The third-order valence-corrected chi connectivity index (χ3v) is 9.80. The largest absolute Gasteiger partial charge is 0.345 e. The maximum Gasteiger partial charge on any atom is 0.123 e. The molecule has 1 heterocycles. The van der Waals surface area contributed by atoms with Crippen molar-refractivity contribution in [1.82, 2.24) is 0 Å². The summed E-state index contributed by atoms with van der Waals surface area (Å²) in [6.07, 6.45) is 0. The molecule has 0 fully saturated rings. The highest BCUT2D eigenvalue weighted by molar-refractivity contribution is 7.99. The minimum absolute atomic E-state index is 0.227. The van der Waals surface area contributed by atoms with Gasteiger partial charge in [0, 0.05) is 65.4 Å². The average molecular weight is 597 g/mol. The highest BCUT2D eigenvalue weighted by Crippen LogP contribution is 2.42. The van der Waals surface area contributed by atoms with Crippen LogP contribution >= 0.6 is 23.1 Å². The van der Waals surface area contributed by atoms with Crippen molar-refractivity contribution in [3.05, 3.63) is 151 Å². The smallest absolute Gasteiger partial charge is 0.123 e. The van der Waals surface area contributed by atoms with E-state index in [1.807, 2.05) is 19.2 Å². The summed E-state index contributed by atoms with van der Waals surface area (Å²) >= 11 is 3.58. The molecule has 0 saturated heterocycles. The molecule has 210 valence electrons. The molecule has 0 amide bonds. The van der Waals surface area contributed by atoms with Crippen LogP contribution in [0.4, 0.5) is 32.8 Å². The molecule has 5 heteroatoms. The van der Waals surface area contributed by atoms with Gasteiger partial charge in [-0.3, -0.25) is 0 Å². The van der Waals surface area contributed by atoms with Crippen molar-refractivity contribution in [2.75, 3.05) is 16.8 Å². The van der Waals surface area contributed by atoms with Crippen LogP contribution in [0.25, 0.3) is 20.2 Å². The van der Waals surface area contributed by atoms with E-state index in [9.17, 15) is 4.39 Å². The van der Waals surface area contributed by atoms with Gasteiger partial charge in [-0.05, 0) is 104 Å². The predicted octanol–water partition coefficient (Wildman–Crippen LogP) is 11.9. The Kier molecular flexibility index (Phi) is 7.35. The van der Waals surface area contributed by atoms with Gasteiger partial charge in [0.2, 0.25) is 0 Å². The van der Waals surface area contributed by atoms with Gasteiger partial charge in [-0.15, -0.1) is 11.3 Å². The van der Waals surface area contributed by atoms with E-state index in [1.54, 1.807) is 23.1 Å². The molecule has 0 saturated carbocycles. The Bertz CT molecular complexity index is 2020. The van der Waals surface area contributed by atoms with Crippen molar-refractivity contribution >= 4 is 71.7 Å². The first-order chi connectivity index (χ1) is 21.0. The van der Waals surface area contributed by atoms with Gasteiger partial charge in [-0.25, -0.2) is 4.39 Å². The fraction of sp³-hybridized carbons (Fsp3) is 0.0526. The normalized spacial score (nSPS) is 11.2. The Labute approximate surface area is 259 Å². The van der Waals surface area contributed by atoms with E-state index < -0.39 is 0 Å². The second-order valence-electron chi connectivity index (χ2n) is 10.6. The number of benzene rings is 6. The van der Waals surface area contributed by atoms with E-state index >= 15 is 0 Å². The molecular weight excluding hydrogens is 568 g/mol. The van der Waals surface area contributed by atoms with Crippen LogP contribution in [0, 0.1) is 12.7 Å². The SMILES string of the molecule is Cc1ccc(Sc2ccc(N(c3ccccc3)c3ccc4c(c3)sc3cc(N(C)c5ccc(F)cc5)ccc34)cc2)cc1. The maximum atomic E-state index is 13.5. The van der Waals surface area contributed by atoms with E-state index in [2.05, 4.69) is 132 Å². The second-order valence-corrected chi connectivity index (χ2v) is 12.8. The topological polar surface area (TPSA) is 6.48 Å². The zero-order chi connectivity index (χ0) is 29.3. The number of halogens is 1. The summed E-state index contributed by atoms with van der Waals surface area (Å²) in [7, 11) is 2.02. The molecule has 6 aromatic carbocycles. The summed E-state index contributed by atoms with van der Waals surface area (Å²) in [6.45, 7) is 2.11. The lowest BCUT2D eigenvalue weighted by atomic mass is 10.1. The van der Waals surface area contributed by atoms with E-state index in [0.717, 1.165) is 28.4 Å². The Morgan fingerprint density at radius 3 is 1.70 bits per heavy atom. The fourth-order valence-corrected chi connectivity index (χ4v) is 7.33. The molecule has 0 atom stereocenters. The van der Waals surface area contributed by atoms with Crippen LogP contribution in [0.1, 0.15) is 5.56 Å². The lowest BCUT2D eigenvalue weighted by molar-refractivity contribution is 0.628. The Hall–Kier alpha value is -4.58. The molecule has 0 radical (unpaired) electrons. The molecule has 0 aliphatic heterocycles. The Morgan fingerprint density at radius 1 is 0.535 bits per heavy atom. The van der Waals surface area contributed by atoms with Crippen molar-refractivity contribution in [1.29, 1.82) is 0 Å². The Morgan fingerprint density at radius 2 is 1.05 bits per heavy atom. The van der Waals surface area contributed by atoms with Crippen molar-refractivity contribution in [3.8, 4) is 0 Å². The van der Waals surface area contributed by atoms with Crippen LogP contribution in [0.15, 0.2) is 149 Å². The molecule has 2 nitrogen and oxygen atoms in total. The van der Waals surface area contributed by atoms with Crippen LogP contribution in [-0.4, -0.2) is 7.05 Å². The molecule has 7 rings (SSSR count). The van der Waals surface area contributed by atoms with E-state index in [4.69, 9.17) is 0 Å². The van der Waals surface area contributed by atoms with Gasteiger partial charge in [0.05, 0.1) is 0 Å². The number of para-hydroxylation sites is 1. The first kappa shape index (κ1) is 27.3. The third-order valence-electron chi connectivity index (χ3n) is 7.67. The standard InChI is InChI=1S/C38H29FN2S2/c1-26-8-18-33(19-9-26)42-34-20-14-30(15-21-34)41(29-6-4-3-5-7-29)32-17-23-36-35-22-16-31(24-37(35)43-38(36)25-32)40(2)28-12-10-27(39)11-13-28/h3-25H,1-2H3. The number of hydrogen-bond donors (Lipinski definition) is 0. The van der Waals surface area contributed by atoms with Gasteiger partial charge in [-0.2, -0.15) is 0 Å². The summed E-state index contributed by atoms with van der Waals surface area (Å²) in [5.74, 6) is -0.227. The van der Waals surface area contributed by atoms with E-state index in [-0.39, 0.29) is 5.82 Å². The zero-order valence-corrected chi connectivity index (χ0v) is 25.5. The molecule has 0 aliphatic carbocycles. The van der Waals surface area contributed by atoms with Gasteiger partial charge < -0.3 is 9.80 Å². The number of rotatable bonds is 7. The van der Waals surface area contributed by atoms with Gasteiger partial charge in [0.15, 0.2) is 0 Å².